The zero-order valence-corrected chi connectivity index (χ0v) is 8.90. The average Bonchev–Trinajstić information content (AvgIpc) is 1.65. The van der Waals surface area contributed by atoms with Gasteiger partial charge >= 0.3 is 0 Å². The molecule has 0 aromatic rings. The van der Waals surface area contributed by atoms with Crippen LogP contribution >= 0.6 is 45.2 Å². The highest BCUT2D eigenvalue weighted by molar-refractivity contribution is 14.2. The van der Waals surface area contributed by atoms with Crippen molar-refractivity contribution >= 4 is 45.2 Å². The molecule has 0 aromatic heterocycles. The van der Waals surface area contributed by atoms with Crippen LogP contribution in [0.3, 0.4) is 0 Å². The molecule has 0 radical (unpaired) electrons. The SMILES string of the molecule is IC1(I)CCCCN1. The number of nitrogens with one attached hydrogen (secondary N) is 1. The molecule has 3 heteroatoms. The second-order valence-corrected chi connectivity index (χ2v) is 7.84. The summed E-state index contributed by atoms with van der Waals surface area (Å²) in [6.45, 7) is 1.20. The van der Waals surface area contributed by atoms with E-state index in [0.717, 1.165) is 0 Å². The van der Waals surface area contributed by atoms with Crippen LogP contribution in [0.1, 0.15) is 19.3 Å². The zero-order valence-electron chi connectivity index (χ0n) is 4.58. The van der Waals surface area contributed by atoms with Crippen molar-refractivity contribution in [2.75, 3.05) is 6.54 Å². The Bertz CT molecular complexity index is 74.5. The van der Waals surface area contributed by atoms with E-state index in [1.54, 1.807) is 0 Å². The molecular formula is C5H9I2N. The lowest BCUT2D eigenvalue weighted by molar-refractivity contribution is 0.492. The minimum atomic E-state index is 0.369. The molecule has 0 unspecified atom stereocenters. The fraction of sp³-hybridized carbons (Fsp3) is 1.00. The van der Waals surface area contributed by atoms with Gasteiger partial charge in [0.2, 0.25) is 0 Å². The van der Waals surface area contributed by atoms with Gasteiger partial charge in [-0.2, -0.15) is 0 Å². The molecule has 1 fully saturated rings. The van der Waals surface area contributed by atoms with Gasteiger partial charge in [0.15, 0.2) is 0 Å². The zero-order chi connectivity index (χ0) is 6.04. The van der Waals surface area contributed by atoms with Gasteiger partial charge in [0.05, 0.1) is 0 Å². The smallest absolute Gasteiger partial charge is 0.122 e. The minimum absolute atomic E-state index is 0.369. The second kappa shape index (κ2) is 3.01. The molecule has 0 atom stereocenters. The van der Waals surface area contributed by atoms with Crippen LogP contribution in [0.15, 0.2) is 0 Å². The Labute approximate surface area is 77.3 Å². The molecule has 1 rings (SSSR count). The summed E-state index contributed by atoms with van der Waals surface area (Å²) in [5.41, 5.74) is 0. The number of rotatable bonds is 0. The third-order valence-corrected chi connectivity index (χ3v) is 3.14. The first-order chi connectivity index (χ1) is 3.71. The fourth-order valence-electron chi connectivity index (χ4n) is 0.832. The molecule has 0 saturated carbocycles. The quantitative estimate of drug-likeness (QED) is 0.406. The van der Waals surface area contributed by atoms with Crippen LogP contribution in [0, 0.1) is 0 Å². The second-order valence-electron chi connectivity index (χ2n) is 2.09. The van der Waals surface area contributed by atoms with Gasteiger partial charge in [-0.25, -0.2) is 0 Å². The Hall–Kier alpha value is 1.42. The van der Waals surface area contributed by atoms with Crippen LogP contribution in [0.25, 0.3) is 0 Å². The van der Waals surface area contributed by atoms with Gasteiger partial charge in [-0.15, -0.1) is 0 Å². The van der Waals surface area contributed by atoms with Gasteiger partial charge in [0, 0.05) is 0 Å². The number of piperidine rings is 1. The molecule has 0 bridgehead atoms. The Morgan fingerprint density at radius 1 is 1.25 bits per heavy atom. The molecule has 0 aromatic carbocycles. The summed E-state index contributed by atoms with van der Waals surface area (Å²) in [6, 6.07) is 0. The van der Waals surface area contributed by atoms with Crippen LogP contribution in [0.4, 0.5) is 0 Å². The predicted molar refractivity (Wildman–Crippen MR) is 52.6 cm³/mol. The van der Waals surface area contributed by atoms with Gasteiger partial charge in [-0.3, -0.25) is 5.32 Å². The Morgan fingerprint density at radius 3 is 2.25 bits per heavy atom. The topological polar surface area (TPSA) is 12.0 Å². The van der Waals surface area contributed by atoms with Crippen LogP contribution in [-0.4, -0.2) is 8.10 Å². The number of hydrogen-bond acceptors (Lipinski definition) is 1. The molecule has 8 heavy (non-hydrogen) atoms. The molecule has 1 nitrogen and oxygen atoms in total. The number of alkyl halides is 2. The van der Waals surface area contributed by atoms with Crippen LogP contribution < -0.4 is 5.32 Å². The van der Waals surface area contributed by atoms with E-state index in [4.69, 9.17) is 0 Å². The van der Waals surface area contributed by atoms with E-state index >= 15 is 0 Å². The number of halogens is 2. The molecule has 1 N–H and O–H groups in total. The van der Waals surface area contributed by atoms with E-state index in [0.29, 0.717) is 1.55 Å². The van der Waals surface area contributed by atoms with Gasteiger partial charge in [-0.1, -0.05) is 0 Å². The van der Waals surface area contributed by atoms with E-state index in [-0.39, 0.29) is 0 Å². The summed E-state index contributed by atoms with van der Waals surface area (Å²) in [5.74, 6) is 0. The highest BCUT2D eigenvalue weighted by atomic mass is 127. The summed E-state index contributed by atoms with van der Waals surface area (Å²) in [5, 5.41) is 3.43. The third kappa shape index (κ3) is 2.34. The van der Waals surface area contributed by atoms with Crippen LogP contribution in [0.2, 0.25) is 0 Å². The average molecular weight is 337 g/mol. The van der Waals surface area contributed by atoms with Gasteiger partial charge in [-0.05, 0) is 71.0 Å². The van der Waals surface area contributed by atoms with E-state index in [9.17, 15) is 0 Å². The minimum Gasteiger partial charge on any atom is -0.295 e. The first-order valence-corrected chi connectivity index (χ1v) is 4.99. The Balaban J connectivity index is 2.33. The summed E-state index contributed by atoms with van der Waals surface area (Å²) in [4.78, 5) is 0. The Morgan fingerprint density at radius 2 is 2.00 bits per heavy atom. The molecule has 0 amide bonds. The molecular weight excluding hydrogens is 328 g/mol. The molecule has 1 aliphatic rings. The first-order valence-electron chi connectivity index (χ1n) is 2.84. The van der Waals surface area contributed by atoms with Crippen molar-refractivity contribution < 1.29 is 0 Å². The van der Waals surface area contributed by atoms with Gasteiger partial charge in [0.1, 0.15) is 1.55 Å². The van der Waals surface area contributed by atoms with Crippen molar-refractivity contribution in [1.29, 1.82) is 0 Å². The molecule has 0 aliphatic carbocycles. The molecule has 1 aliphatic heterocycles. The van der Waals surface area contributed by atoms with E-state index < -0.39 is 0 Å². The summed E-state index contributed by atoms with van der Waals surface area (Å²) >= 11 is 4.93. The highest BCUT2D eigenvalue weighted by Crippen LogP contribution is 2.32. The molecule has 0 spiro atoms. The van der Waals surface area contributed by atoms with Crippen molar-refractivity contribution in [2.45, 2.75) is 20.8 Å². The maximum Gasteiger partial charge on any atom is 0.122 e. The summed E-state index contributed by atoms with van der Waals surface area (Å²) < 4.78 is 0.369. The largest absolute Gasteiger partial charge is 0.295 e. The Kier molecular flexibility index (Phi) is 2.83. The fourth-order valence-corrected chi connectivity index (χ4v) is 2.13. The molecule has 48 valence electrons. The first kappa shape index (κ1) is 7.53. The monoisotopic (exact) mass is 337 g/mol. The van der Waals surface area contributed by atoms with Gasteiger partial charge in [0.25, 0.3) is 0 Å². The van der Waals surface area contributed by atoms with Crippen molar-refractivity contribution in [2.24, 2.45) is 0 Å². The van der Waals surface area contributed by atoms with Crippen LogP contribution in [-0.2, 0) is 0 Å². The summed E-state index contributed by atoms with van der Waals surface area (Å²) in [7, 11) is 0. The van der Waals surface area contributed by atoms with Crippen molar-refractivity contribution in [3.05, 3.63) is 0 Å². The molecule has 1 heterocycles. The maximum atomic E-state index is 3.43. The van der Waals surface area contributed by atoms with Crippen LogP contribution in [0.5, 0.6) is 0 Å². The van der Waals surface area contributed by atoms with Crippen molar-refractivity contribution in [3.8, 4) is 0 Å². The highest BCUT2D eigenvalue weighted by Gasteiger charge is 2.23. The van der Waals surface area contributed by atoms with Crippen molar-refractivity contribution in [1.82, 2.24) is 5.32 Å². The number of hydrogen-bond donors (Lipinski definition) is 1. The lowest BCUT2D eigenvalue weighted by Crippen LogP contribution is -2.37. The lowest BCUT2D eigenvalue weighted by atomic mass is 10.2. The van der Waals surface area contributed by atoms with Gasteiger partial charge < -0.3 is 0 Å². The van der Waals surface area contributed by atoms with E-state index in [2.05, 4.69) is 50.5 Å². The predicted octanol–water partition coefficient (Wildman–Crippen LogP) is 2.28. The normalized spacial score (nSPS) is 27.8. The van der Waals surface area contributed by atoms with Crippen molar-refractivity contribution in [3.63, 3.8) is 0 Å². The van der Waals surface area contributed by atoms with E-state index in [1.807, 2.05) is 0 Å². The maximum absolute atomic E-state index is 3.43. The molecule has 1 saturated heterocycles. The lowest BCUT2D eigenvalue weighted by Gasteiger charge is -2.26. The standard InChI is InChI=1S/C5H9I2N/c6-5(7)3-1-2-4-8-5/h8H,1-4H2. The third-order valence-electron chi connectivity index (χ3n) is 1.30. The summed E-state index contributed by atoms with van der Waals surface area (Å²) in [6.07, 6.45) is 4.06. The van der Waals surface area contributed by atoms with E-state index in [1.165, 1.54) is 25.8 Å².